The Kier molecular flexibility index (Phi) is 8.94. The molecule has 2 saturated heterocycles. The van der Waals surface area contributed by atoms with Crippen LogP contribution >= 0.6 is 0 Å². The Morgan fingerprint density at radius 1 is 0.967 bits per heavy atom. The Morgan fingerprint density at radius 3 is 2.17 bits per heavy atom. The van der Waals surface area contributed by atoms with Gasteiger partial charge in [0.25, 0.3) is 0 Å². The van der Waals surface area contributed by atoms with E-state index in [1.165, 1.54) is 76.6 Å². The second-order valence-corrected chi connectivity index (χ2v) is 9.99. The van der Waals surface area contributed by atoms with Gasteiger partial charge in [-0.2, -0.15) is 0 Å². The van der Waals surface area contributed by atoms with E-state index in [-0.39, 0.29) is 0 Å². The zero-order valence-corrected chi connectivity index (χ0v) is 20.2. The van der Waals surface area contributed by atoms with Crippen molar-refractivity contribution in [2.24, 2.45) is 0 Å². The molecular formula is C25H45N5. The van der Waals surface area contributed by atoms with E-state index in [0.717, 1.165) is 12.4 Å². The number of aryl methyl sites for hydroxylation is 1. The molecule has 5 nitrogen and oxygen atoms in total. The highest BCUT2D eigenvalue weighted by molar-refractivity contribution is 5.37. The van der Waals surface area contributed by atoms with E-state index in [4.69, 9.17) is 9.97 Å². The molecule has 0 radical (unpaired) electrons. The molecule has 1 aromatic rings. The number of unbranched alkanes of at least 4 members (excludes halogenated alkanes) is 4. The topological polar surface area (TPSA) is 35.5 Å². The maximum atomic E-state index is 4.79. The molecule has 3 rings (SSSR count). The summed E-state index contributed by atoms with van der Waals surface area (Å²) in [6.45, 7) is 12.8. The van der Waals surface area contributed by atoms with Gasteiger partial charge in [0.1, 0.15) is 0 Å². The quantitative estimate of drug-likeness (QED) is 0.460. The molecular weight excluding hydrogens is 370 g/mol. The first-order valence-electron chi connectivity index (χ1n) is 12.5. The lowest BCUT2D eigenvalue weighted by Crippen LogP contribution is -2.56. The highest BCUT2D eigenvalue weighted by atomic mass is 15.4. The van der Waals surface area contributed by atoms with E-state index in [2.05, 4.69) is 61.8 Å². The summed E-state index contributed by atoms with van der Waals surface area (Å²) < 4.78 is 0. The molecule has 1 aromatic heterocycles. The predicted octanol–water partition coefficient (Wildman–Crippen LogP) is 4.76. The summed E-state index contributed by atoms with van der Waals surface area (Å²) in [5, 5.41) is 0. The van der Waals surface area contributed by atoms with Crippen molar-refractivity contribution in [3.63, 3.8) is 0 Å². The lowest BCUT2D eigenvalue weighted by atomic mass is 10.1. The molecule has 0 amide bonds. The Bertz CT molecular complexity index is 602. The zero-order valence-electron chi connectivity index (χ0n) is 20.2. The molecule has 5 heteroatoms. The molecule has 2 aliphatic rings. The zero-order chi connectivity index (χ0) is 21.5. The summed E-state index contributed by atoms with van der Waals surface area (Å²) in [4.78, 5) is 17.2. The molecule has 3 heterocycles. The molecule has 2 fully saturated rings. The summed E-state index contributed by atoms with van der Waals surface area (Å²) >= 11 is 0. The maximum absolute atomic E-state index is 4.79. The normalized spacial score (nSPS) is 23.0. The van der Waals surface area contributed by atoms with Gasteiger partial charge in [0.05, 0.1) is 0 Å². The third-order valence-corrected chi connectivity index (χ3v) is 7.51. The first kappa shape index (κ1) is 23.5. The summed E-state index contributed by atoms with van der Waals surface area (Å²) in [5.74, 6) is 0.962. The van der Waals surface area contributed by atoms with E-state index in [0.29, 0.717) is 24.2 Å². The van der Waals surface area contributed by atoms with E-state index in [1.54, 1.807) is 0 Å². The molecule has 3 atom stereocenters. The van der Waals surface area contributed by atoms with Crippen molar-refractivity contribution in [3.05, 3.63) is 18.0 Å². The second-order valence-electron chi connectivity index (χ2n) is 9.99. The van der Waals surface area contributed by atoms with Crippen molar-refractivity contribution in [3.8, 4) is 0 Å². The van der Waals surface area contributed by atoms with E-state index in [9.17, 15) is 0 Å². The van der Waals surface area contributed by atoms with Crippen LogP contribution in [0.25, 0.3) is 0 Å². The van der Waals surface area contributed by atoms with Gasteiger partial charge in [-0.05, 0) is 78.5 Å². The van der Waals surface area contributed by atoms with Crippen LogP contribution in [-0.4, -0.2) is 70.6 Å². The predicted molar refractivity (Wildman–Crippen MR) is 127 cm³/mol. The van der Waals surface area contributed by atoms with Crippen LogP contribution in [-0.2, 0) is 6.42 Å². The maximum Gasteiger partial charge on any atom is 0.225 e. The Morgan fingerprint density at radius 2 is 1.57 bits per heavy atom. The number of nitrogens with zero attached hydrogens (tertiary/aromatic N) is 5. The SMILES string of the molecule is CCC(C)N1CC2CCC(C1)N2c1ncc(CCCCCCCN(C)C(C)C)cn1. The molecule has 0 spiro atoms. The van der Waals surface area contributed by atoms with Crippen LogP contribution in [0.1, 0.15) is 84.6 Å². The summed E-state index contributed by atoms with van der Waals surface area (Å²) in [5.41, 5.74) is 1.30. The number of piperazine rings is 1. The molecule has 0 saturated carbocycles. The molecule has 0 aliphatic carbocycles. The van der Waals surface area contributed by atoms with Crippen molar-refractivity contribution in [1.29, 1.82) is 0 Å². The second kappa shape index (κ2) is 11.4. The van der Waals surface area contributed by atoms with Gasteiger partial charge in [-0.3, -0.25) is 4.90 Å². The van der Waals surface area contributed by atoms with Crippen molar-refractivity contribution in [1.82, 2.24) is 19.8 Å². The first-order valence-corrected chi connectivity index (χ1v) is 12.5. The fraction of sp³-hybridized carbons (Fsp3) is 0.840. The minimum absolute atomic E-state index is 0.596. The number of anilines is 1. The Hall–Kier alpha value is -1.20. The lowest BCUT2D eigenvalue weighted by molar-refractivity contribution is 0.162. The summed E-state index contributed by atoms with van der Waals surface area (Å²) in [6.07, 6.45) is 15.7. The smallest absolute Gasteiger partial charge is 0.225 e. The molecule has 0 aromatic carbocycles. The van der Waals surface area contributed by atoms with Crippen LogP contribution < -0.4 is 4.90 Å². The highest BCUT2D eigenvalue weighted by Crippen LogP contribution is 2.33. The molecule has 30 heavy (non-hydrogen) atoms. The Balaban J connectivity index is 1.38. The standard InChI is InChI=1S/C25H45N5/c1-6-21(4)29-18-23-13-14-24(19-29)30(23)25-26-16-22(17-27-25)12-10-8-7-9-11-15-28(5)20(2)3/h16-17,20-21,23-24H,6-15,18-19H2,1-5H3. The number of aromatic nitrogens is 2. The number of hydrogen-bond acceptors (Lipinski definition) is 5. The number of fused-ring (bicyclic) bond motifs is 2. The largest absolute Gasteiger partial charge is 0.332 e. The number of likely N-dealkylation sites (tertiary alicyclic amines) is 1. The van der Waals surface area contributed by atoms with Crippen molar-refractivity contribution >= 4 is 5.95 Å². The molecule has 0 N–H and O–H groups in total. The molecule has 2 aliphatic heterocycles. The molecule has 3 unspecified atom stereocenters. The fourth-order valence-corrected chi connectivity index (χ4v) is 4.97. The lowest BCUT2D eigenvalue weighted by Gasteiger charge is -2.43. The summed E-state index contributed by atoms with van der Waals surface area (Å²) in [6, 6.07) is 2.54. The van der Waals surface area contributed by atoms with Gasteiger partial charge in [0, 0.05) is 49.7 Å². The van der Waals surface area contributed by atoms with Gasteiger partial charge < -0.3 is 9.80 Å². The van der Waals surface area contributed by atoms with Gasteiger partial charge in [-0.25, -0.2) is 9.97 Å². The van der Waals surface area contributed by atoms with Crippen molar-refractivity contribution < 1.29 is 0 Å². The van der Waals surface area contributed by atoms with Gasteiger partial charge in [0.2, 0.25) is 5.95 Å². The third kappa shape index (κ3) is 6.16. The number of rotatable bonds is 12. The van der Waals surface area contributed by atoms with Crippen molar-refractivity contribution in [2.75, 3.05) is 31.6 Å². The number of hydrogen-bond donors (Lipinski definition) is 0. The Labute approximate surface area is 185 Å². The van der Waals surface area contributed by atoms with Crippen LogP contribution in [0.2, 0.25) is 0 Å². The highest BCUT2D eigenvalue weighted by Gasteiger charge is 2.41. The molecule has 2 bridgehead atoms. The van der Waals surface area contributed by atoms with E-state index >= 15 is 0 Å². The van der Waals surface area contributed by atoms with E-state index in [1.807, 2.05) is 0 Å². The van der Waals surface area contributed by atoms with Crippen LogP contribution in [0.3, 0.4) is 0 Å². The van der Waals surface area contributed by atoms with Gasteiger partial charge in [-0.15, -0.1) is 0 Å². The first-order chi connectivity index (χ1) is 14.5. The van der Waals surface area contributed by atoms with Crippen LogP contribution in [0.4, 0.5) is 5.95 Å². The monoisotopic (exact) mass is 415 g/mol. The van der Waals surface area contributed by atoms with Gasteiger partial charge in [0.15, 0.2) is 0 Å². The average molecular weight is 416 g/mol. The fourth-order valence-electron chi connectivity index (χ4n) is 4.97. The summed E-state index contributed by atoms with van der Waals surface area (Å²) in [7, 11) is 2.23. The minimum Gasteiger partial charge on any atom is -0.332 e. The van der Waals surface area contributed by atoms with Gasteiger partial charge in [-0.1, -0.05) is 26.2 Å². The van der Waals surface area contributed by atoms with E-state index < -0.39 is 0 Å². The van der Waals surface area contributed by atoms with Crippen LogP contribution in [0, 0.1) is 0 Å². The average Bonchev–Trinajstić information content (AvgIpc) is 3.01. The van der Waals surface area contributed by atoms with Crippen molar-refractivity contribution in [2.45, 2.75) is 110 Å². The minimum atomic E-state index is 0.596. The van der Waals surface area contributed by atoms with Gasteiger partial charge >= 0.3 is 0 Å². The third-order valence-electron chi connectivity index (χ3n) is 7.51. The van der Waals surface area contributed by atoms with Crippen LogP contribution in [0.5, 0.6) is 0 Å². The van der Waals surface area contributed by atoms with Crippen LogP contribution in [0.15, 0.2) is 12.4 Å². The molecule has 170 valence electrons.